The zero-order valence-electron chi connectivity index (χ0n) is 16.3. The van der Waals surface area contributed by atoms with Gasteiger partial charge in [0.1, 0.15) is 11.9 Å². The fraction of sp³-hybridized carbons (Fsp3) is 0.222. The molecule has 0 bridgehead atoms. The lowest BCUT2D eigenvalue weighted by Crippen LogP contribution is -2.33. The molecule has 0 aliphatic carbocycles. The van der Waals surface area contributed by atoms with Crippen molar-refractivity contribution in [1.82, 2.24) is 9.88 Å². The third kappa shape index (κ3) is 4.21. The van der Waals surface area contributed by atoms with Gasteiger partial charge in [0.15, 0.2) is 0 Å². The van der Waals surface area contributed by atoms with Gasteiger partial charge >= 0.3 is 17.6 Å². The lowest BCUT2D eigenvalue weighted by atomic mass is 10.2. The van der Waals surface area contributed by atoms with Crippen LogP contribution in [0.3, 0.4) is 0 Å². The van der Waals surface area contributed by atoms with Crippen LogP contribution in [-0.2, 0) is 21.2 Å². The van der Waals surface area contributed by atoms with E-state index in [0.29, 0.717) is 17.7 Å². The lowest BCUT2D eigenvalue weighted by molar-refractivity contribution is -0.119. The summed E-state index contributed by atoms with van der Waals surface area (Å²) in [6.45, 7) is 1.42. The van der Waals surface area contributed by atoms with Crippen LogP contribution in [0, 0.1) is 0 Å². The predicted octanol–water partition coefficient (Wildman–Crippen LogP) is 2.22. The summed E-state index contributed by atoms with van der Waals surface area (Å²) in [5.74, 6) is -0.509. The maximum Gasteiger partial charge on any atom is 0.501 e. The van der Waals surface area contributed by atoms with Crippen molar-refractivity contribution in [2.24, 2.45) is 5.73 Å². The SMILES string of the molecule is CC1C(=O)N(c2ccc(S(=O)(=O)C(F)(F)F)cc2)C(=O)N1Cc1ccnc(NC(N)=O)c1. The van der Waals surface area contributed by atoms with Gasteiger partial charge in [-0.3, -0.25) is 10.1 Å². The number of urea groups is 2. The number of pyridine rings is 1. The van der Waals surface area contributed by atoms with Gasteiger partial charge in [-0.25, -0.2) is 27.9 Å². The molecular weight excluding hydrogens is 455 g/mol. The smallest absolute Gasteiger partial charge is 0.351 e. The molecule has 1 aliphatic rings. The van der Waals surface area contributed by atoms with Crippen LogP contribution in [0.2, 0.25) is 0 Å². The number of carbonyl (C=O) groups is 3. The summed E-state index contributed by atoms with van der Waals surface area (Å²) in [4.78, 5) is 41.3. The number of anilines is 2. The fourth-order valence-corrected chi connectivity index (χ4v) is 3.78. The number of benzene rings is 1. The molecule has 2 aromatic rings. The Bertz CT molecular complexity index is 1180. The van der Waals surface area contributed by atoms with Gasteiger partial charge in [-0.2, -0.15) is 13.2 Å². The summed E-state index contributed by atoms with van der Waals surface area (Å²) >= 11 is 0. The molecule has 1 fully saturated rings. The van der Waals surface area contributed by atoms with E-state index in [9.17, 15) is 36.0 Å². The maximum absolute atomic E-state index is 12.9. The highest BCUT2D eigenvalue weighted by Crippen LogP contribution is 2.32. The molecule has 32 heavy (non-hydrogen) atoms. The molecule has 1 unspecified atom stereocenters. The minimum atomic E-state index is -5.56. The minimum Gasteiger partial charge on any atom is -0.351 e. The zero-order chi connectivity index (χ0) is 23.8. The molecule has 0 saturated carbocycles. The van der Waals surface area contributed by atoms with E-state index in [1.54, 1.807) is 6.07 Å². The van der Waals surface area contributed by atoms with E-state index in [4.69, 9.17) is 5.73 Å². The van der Waals surface area contributed by atoms with Gasteiger partial charge < -0.3 is 10.6 Å². The number of amides is 5. The first kappa shape index (κ1) is 23.0. The molecule has 5 amide bonds. The lowest BCUT2D eigenvalue weighted by Gasteiger charge is -2.19. The van der Waals surface area contributed by atoms with Crippen LogP contribution in [0.15, 0.2) is 47.5 Å². The third-order valence-corrected chi connectivity index (χ3v) is 6.12. The van der Waals surface area contributed by atoms with Crippen molar-refractivity contribution in [1.29, 1.82) is 0 Å². The largest absolute Gasteiger partial charge is 0.501 e. The summed E-state index contributed by atoms with van der Waals surface area (Å²) < 4.78 is 61.1. The topological polar surface area (TPSA) is 143 Å². The molecule has 0 radical (unpaired) electrons. The first-order chi connectivity index (χ1) is 14.8. The number of carbonyl (C=O) groups excluding carboxylic acids is 3. The highest BCUT2D eigenvalue weighted by Gasteiger charge is 2.47. The summed E-state index contributed by atoms with van der Waals surface area (Å²) in [6.07, 6.45) is 1.37. The van der Waals surface area contributed by atoms with Gasteiger partial charge in [0.25, 0.3) is 15.7 Å². The summed E-state index contributed by atoms with van der Waals surface area (Å²) in [5, 5.41) is 2.28. The number of hydrogen-bond donors (Lipinski definition) is 2. The highest BCUT2D eigenvalue weighted by atomic mass is 32.2. The molecular formula is C18H16F3N5O5S. The van der Waals surface area contributed by atoms with Gasteiger partial charge in [-0.05, 0) is 48.9 Å². The molecule has 3 rings (SSSR count). The number of rotatable bonds is 5. The Labute approximate surface area is 179 Å². The Morgan fingerprint density at radius 2 is 1.81 bits per heavy atom. The van der Waals surface area contributed by atoms with Crippen LogP contribution < -0.4 is 16.0 Å². The van der Waals surface area contributed by atoms with Gasteiger partial charge in [0.05, 0.1) is 10.6 Å². The van der Waals surface area contributed by atoms with E-state index in [0.717, 1.165) is 17.0 Å². The average molecular weight is 471 g/mol. The van der Waals surface area contributed by atoms with Gasteiger partial charge in [0, 0.05) is 12.7 Å². The van der Waals surface area contributed by atoms with E-state index in [-0.39, 0.29) is 18.1 Å². The zero-order valence-corrected chi connectivity index (χ0v) is 17.1. The van der Waals surface area contributed by atoms with Crippen LogP contribution in [0.4, 0.5) is 34.3 Å². The molecule has 0 spiro atoms. The van der Waals surface area contributed by atoms with Crippen molar-refractivity contribution in [2.45, 2.75) is 29.9 Å². The standard InChI is InChI=1S/C18H16F3N5O5S/c1-10-15(27)26(12-2-4-13(5-3-12)32(30,31)18(19,20)21)17(29)25(10)9-11-6-7-23-14(8-11)24-16(22)28/h2-8,10H,9H2,1H3,(H3,22,23,24,28). The molecule has 14 heteroatoms. The number of alkyl halides is 3. The second kappa shape index (κ2) is 8.11. The molecule has 170 valence electrons. The van der Waals surface area contributed by atoms with Gasteiger partial charge in [-0.1, -0.05) is 0 Å². The number of halogens is 3. The molecule has 1 atom stereocenters. The van der Waals surface area contributed by atoms with Crippen molar-refractivity contribution < 1.29 is 36.0 Å². The number of sulfone groups is 1. The van der Waals surface area contributed by atoms with Crippen LogP contribution in [-0.4, -0.2) is 47.8 Å². The Balaban J connectivity index is 1.84. The maximum atomic E-state index is 12.9. The number of hydrogen-bond acceptors (Lipinski definition) is 6. The van der Waals surface area contributed by atoms with Gasteiger partial charge in [0.2, 0.25) is 0 Å². The number of primary amides is 1. The Morgan fingerprint density at radius 1 is 1.19 bits per heavy atom. The van der Waals surface area contributed by atoms with Crippen molar-refractivity contribution in [2.75, 3.05) is 10.2 Å². The average Bonchev–Trinajstić information content (AvgIpc) is 2.90. The van der Waals surface area contributed by atoms with Crippen LogP contribution in [0.1, 0.15) is 12.5 Å². The second-order valence-corrected chi connectivity index (χ2v) is 8.68. The molecule has 3 N–H and O–H groups in total. The number of imide groups is 1. The molecule has 1 saturated heterocycles. The number of aromatic nitrogens is 1. The molecule has 1 aliphatic heterocycles. The van der Waals surface area contributed by atoms with E-state index >= 15 is 0 Å². The molecule has 10 nitrogen and oxygen atoms in total. The monoisotopic (exact) mass is 471 g/mol. The summed E-state index contributed by atoms with van der Waals surface area (Å²) in [6, 6.07) is 3.75. The van der Waals surface area contributed by atoms with E-state index < -0.39 is 44.3 Å². The number of nitrogens with one attached hydrogen (secondary N) is 1. The summed E-state index contributed by atoms with van der Waals surface area (Å²) in [5.41, 5.74) is -0.00535. The van der Waals surface area contributed by atoms with Crippen LogP contribution >= 0.6 is 0 Å². The van der Waals surface area contributed by atoms with Crippen molar-refractivity contribution in [3.63, 3.8) is 0 Å². The minimum absolute atomic E-state index is 0.0429. The molecule has 1 aromatic heterocycles. The first-order valence-electron chi connectivity index (χ1n) is 8.90. The van der Waals surface area contributed by atoms with Crippen LogP contribution in [0.25, 0.3) is 0 Å². The predicted molar refractivity (Wildman–Crippen MR) is 105 cm³/mol. The summed E-state index contributed by atoms with van der Waals surface area (Å²) in [7, 11) is -5.56. The fourth-order valence-electron chi connectivity index (χ4n) is 3.02. The molecule has 2 heterocycles. The van der Waals surface area contributed by atoms with E-state index in [2.05, 4.69) is 10.3 Å². The van der Waals surface area contributed by atoms with Crippen LogP contribution in [0.5, 0.6) is 0 Å². The quantitative estimate of drug-likeness (QED) is 0.640. The van der Waals surface area contributed by atoms with Gasteiger partial charge in [-0.15, -0.1) is 0 Å². The Kier molecular flexibility index (Phi) is 5.82. The van der Waals surface area contributed by atoms with Crippen molar-refractivity contribution >= 4 is 39.3 Å². The molecule has 1 aromatic carbocycles. The van der Waals surface area contributed by atoms with Crippen molar-refractivity contribution in [3.8, 4) is 0 Å². The normalized spacial score (nSPS) is 17.1. The highest BCUT2D eigenvalue weighted by molar-refractivity contribution is 7.92. The third-order valence-electron chi connectivity index (χ3n) is 4.62. The second-order valence-electron chi connectivity index (χ2n) is 6.74. The van der Waals surface area contributed by atoms with E-state index in [1.165, 1.54) is 24.1 Å². The number of nitrogens with two attached hydrogens (primary N) is 1. The first-order valence-corrected chi connectivity index (χ1v) is 10.4. The van der Waals surface area contributed by atoms with Crippen molar-refractivity contribution in [3.05, 3.63) is 48.2 Å². The Morgan fingerprint density at radius 3 is 2.38 bits per heavy atom. The van der Waals surface area contributed by atoms with E-state index in [1.807, 2.05) is 0 Å². The Hall–Kier alpha value is -3.68. The number of nitrogens with zero attached hydrogens (tertiary/aromatic N) is 3.